The summed E-state index contributed by atoms with van der Waals surface area (Å²) in [7, 11) is 0. The third-order valence-corrected chi connectivity index (χ3v) is 6.37. The maximum atomic E-state index is 12.0. The van der Waals surface area contributed by atoms with Crippen molar-refractivity contribution in [2.75, 3.05) is 0 Å². The minimum absolute atomic E-state index is 0.374. The van der Waals surface area contributed by atoms with Crippen molar-refractivity contribution in [1.82, 2.24) is 5.32 Å². The molecule has 0 saturated heterocycles. The summed E-state index contributed by atoms with van der Waals surface area (Å²) in [5.74, 6) is 0.190. The van der Waals surface area contributed by atoms with Gasteiger partial charge in [-0.1, -0.05) is 75.2 Å². The first kappa shape index (κ1) is 20.3. The van der Waals surface area contributed by atoms with Gasteiger partial charge in [-0.05, 0) is 30.7 Å². The molecule has 3 rings (SSSR count). The molecule has 0 bridgehead atoms. The van der Waals surface area contributed by atoms with Gasteiger partial charge in [0.05, 0.1) is 15.6 Å². The second-order valence-electron chi connectivity index (χ2n) is 5.92. The van der Waals surface area contributed by atoms with Crippen LogP contribution in [0.25, 0.3) is 0 Å². The summed E-state index contributed by atoms with van der Waals surface area (Å²) in [6.07, 6.45) is 0. The van der Waals surface area contributed by atoms with Gasteiger partial charge in [0, 0.05) is 21.5 Å². The highest BCUT2D eigenvalue weighted by Crippen LogP contribution is 2.38. The molecule has 0 aliphatic carbocycles. The molecule has 8 heteroatoms. The molecule has 1 amide bonds. The molecule has 1 atom stereocenters. The highest BCUT2D eigenvalue weighted by Gasteiger charge is 2.29. The van der Waals surface area contributed by atoms with Gasteiger partial charge in [-0.25, -0.2) is 4.99 Å². The standard InChI is InChI=1S/C19H16BrCl2N3OS/c1-10-15(18(23)26)17(13-3-2-4-14(21)16(13)22)25-19(24-10)27-9-11-5-7-12(20)8-6-11/h2-8,17H,9H2,1H3,(H2,23,26)(H,24,25)/t17-/m1/s1. The van der Waals surface area contributed by atoms with Crippen molar-refractivity contribution in [3.63, 3.8) is 0 Å². The van der Waals surface area contributed by atoms with Gasteiger partial charge in [-0.3, -0.25) is 4.79 Å². The van der Waals surface area contributed by atoms with Gasteiger partial charge >= 0.3 is 0 Å². The van der Waals surface area contributed by atoms with Crippen LogP contribution >= 0.6 is 50.9 Å². The number of primary amides is 1. The van der Waals surface area contributed by atoms with E-state index in [-0.39, 0.29) is 0 Å². The SMILES string of the molecule is CC1=C(C(N)=O)[C@@H](c2cccc(Cl)c2Cl)N=C(SCc2ccc(Br)cc2)N1. The fourth-order valence-corrected chi connectivity index (χ4v) is 4.31. The van der Waals surface area contributed by atoms with Crippen LogP contribution in [0.15, 0.2) is 63.2 Å². The second-order valence-corrected chi connectivity index (χ2v) is 8.59. The van der Waals surface area contributed by atoms with Crippen molar-refractivity contribution < 1.29 is 4.79 Å². The van der Waals surface area contributed by atoms with E-state index in [4.69, 9.17) is 33.9 Å². The van der Waals surface area contributed by atoms with E-state index >= 15 is 0 Å². The van der Waals surface area contributed by atoms with Gasteiger partial charge in [-0.15, -0.1) is 0 Å². The number of carbonyl (C=O) groups excluding carboxylic acids is 1. The van der Waals surface area contributed by atoms with Crippen LogP contribution in [0.1, 0.15) is 24.1 Å². The quantitative estimate of drug-likeness (QED) is 0.606. The van der Waals surface area contributed by atoms with E-state index in [0.717, 1.165) is 15.8 Å². The summed E-state index contributed by atoms with van der Waals surface area (Å²) in [4.78, 5) is 16.7. The van der Waals surface area contributed by atoms with Crippen LogP contribution in [0, 0.1) is 0 Å². The lowest BCUT2D eigenvalue weighted by Gasteiger charge is -2.26. The molecular formula is C19H16BrCl2N3OS. The fourth-order valence-electron chi connectivity index (χ4n) is 2.73. The second kappa shape index (κ2) is 8.69. The number of benzene rings is 2. The maximum absolute atomic E-state index is 12.0. The third kappa shape index (κ3) is 4.69. The molecule has 2 aromatic rings. The maximum Gasteiger partial charge on any atom is 0.248 e. The molecule has 1 aliphatic rings. The first-order chi connectivity index (χ1) is 12.9. The number of nitrogens with one attached hydrogen (secondary N) is 1. The number of hydrogen-bond donors (Lipinski definition) is 2. The molecule has 1 heterocycles. The van der Waals surface area contributed by atoms with Crippen molar-refractivity contribution in [1.29, 1.82) is 0 Å². The van der Waals surface area contributed by atoms with Crippen LogP contribution in [0.3, 0.4) is 0 Å². The van der Waals surface area contributed by atoms with E-state index in [1.165, 1.54) is 0 Å². The zero-order valence-corrected chi connectivity index (χ0v) is 18.2. The summed E-state index contributed by atoms with van der Waals surface area (Å²) in [5, 5.41) is 4.65. The number of allylic oxidation sites excluding steroid dienone is 1. The normalized spacial score (nSPS) is 16.7. The largest absolute Gasteiger partial charge is 0.366 e. The number of nitrogens with zero attached hydrogens (tertiary/aromatic N) is 1. The van der Waals surface area contributed by atoms with E-state index in [1.54, 1.807) is 36.9 Å². The van der Waals surface area contributed by atoms with Gasteiger partial charge in [0.25, 0.3) is 0 Å². The summed E-state index contributed by atoms with van der Waals surface area (Å²) < 4.78 is 1.03. The number of halogens is 3. The van der Waals surface area contributed by atoms with Gasteiger partial charge in [0.1, 0.15) is 6.04 Å². The molecule has 0 aromatic heterocycles. The first-order valence-electron chi connectivity index (χ1n) is 8.03. The minimum Gasteiger partial charge on any atom is -0.366 e. The number of amidine groups is 1. The Kier molecular flexibility index (Phi) is 6.52. The lowest BCUT2D eigenvalue weighted by molar-refractivity contribution is -0.114. The minimum atomic E-state index is -0.595. The number of hydrogen-bond acceptors (Lipinski definition) is 4. The van der Waals surface area contributed by atoms with E-state index < -0.39 is 11.9 Å². The molecule has 4 nitrogen and oxygen atoms in total. The Morgan fingerprint density at radius 1 is 1.26 bits per heavy atom. The zero-order chi connectivity index (χ0) is 19.6. The Morgan fingerprint density at radius 3 is 2.63 bits per heavy atom. The summed E-state index contributed by atoms with van der Waals surface area (Å²) in [5.41, 5.74) is 8.46. The van der Waals surface area contributed by atoms with Gasteiger partial charge in [0.2, 0.25) is 5.91 Å². The molecule has 3 N–H and O–H groups in total. The van der Waals surface area contributed by atoms with Gasteiger partial charge in [-0.2, -0.15) is 0 Å². The predicted molar refractivity (Wildman–Crippen MR) is 117 cm³/mol. The predicted octanol–water partition coefficient (Wildman–Crippen LogP) is 5.45. The van der Waals surface area contributed by atoms with Crippen LogP contribution in [0.5, 0.6) is 0 Å². The van der Waals surface area contributed by atoms with Crippen LogP contribution in [0.4, 0.5) is 0 Å². The molecule has 0 fully saturated rings. The summed E-state index contributed by atoms with van der Waals surface area (Å²) >= 11 is 17.5. The number of amides is 1. The molecule has 27 heavy (non-hydrogen) atoms. The van der Waals surface area contributed by atoms with Crippen LogP contribution in [0.2, 0.25) is 10.0 Å². The average Bonchev–Trinajstić information content (AvgIpc) is 2.62. The molecule has 0 radical (unpaired) electrons. The van der Waals surface area contributed by atoms with Gasteiger partial charge in [0.15, 0.2) is 5.17 Å². The van der Waals surface area contributed by atoms with Crippen molar-refractivity contribution in [3.8, 4) is 0 Å². The number of rotatable bonds is 4. The zero-order valence-electron chi connectivity index (χ0n) is 14.3. The first-order valence-corrected chi connectivity index (χ1v) is 10.6. The number of carbonyl (C=O) groups is 1. The lowest BCUT2D eigenvalue weighted by Crippen LogP contribution is -2.32. The Bertz CT molecular complexity index is 944. The van der Waals surface area contributed by atoms with Crippen molar-refractivity contribution >= 4 is 62.0 Å². The number of nitrogens with two attached hydrogens (primary N) is 1. The highest BCUT2D eigenvalue weighted by atomic mass is 79.9. The van der Waals surface area contributed by atoms with Crippen molar-refractivity contribution in [2.45, 2.75) is 18.7 Å². The summed E-state index contributed by atoms with van der Waals surface area (Å²) in [6, 6.07) is 12.8. The number of aliphatic imine (C=N–C) groups is 1. The highest BCUT2D eigenvalue weighted by molar-refractivity contribution is 9.10. The molecule has 140 valence electrons. The van der Waals surface area contributed by atoms with Crippen molar-refractivity contribution in [3.05, 3.63) is 79.4 Å². The Labute approximate surface area is 180 Å². The topological polar surface area (TPSA) is 67.5 Å². The molecule has 0 unspecified atom stereocenters. The van der Waals surface area contributed by atoms with Crippen LogP contribution in [-0.2, 0) is 10.5 Å². The molecule has 0 saturated carbocycles. The van der Waals surface area contributed by atoms with Gasteiger partial charge < -0.3 is 11.1 Å². The Balaban J connectivity index is 1.91. The molecule has 0 spiro atoms. The lowest BCUT2D eigenvalue weighted by atomic mass is 9.96. The molecule has 1 aliphatic heterocycles. The van der Waals surface area contributed by atoms with E-state index in [1.807, 2.05) is 24.3 Å². The van der Waals surface area contributed by atoms with E-state index in [0.29, 0.717) is 32.0 Å². The monoisotopic (exact) mass is 483 g/mol. The van der Waals surface area contributed by atoms with E-state index in [2.05, 4.69) is 21.2 Å². The van der Waals surface area contributed by atoms with Crippen molar-refractivity contribution in [2.24, 2.45) is 10.7 Å². The van der Waals surface area contributed by atoms with E-state index in [9.17, 15) is 4.79 Å². The Hall–Kier alpha value is -1.47. The Morgan fingerprint density at radius 2 is 1.96 bits per heavy atom. The average molecular weight is 485 g/mol. The van der Waals surface area contributed by atoms with Crippen LogP contribution in [-0.4, -0.2) is 11.1 Å². The number of thioether (sulfide) groups is 1. The van der Waals surface area contributed by atoms with Crippen LogP contribution < -0.4 is 11.1 Å². The molecular weight excluding hydrogens is 469 g/mol. The fraction of sp³-hybridized carbons (Fsp3) is 0.158. The molecule has 2 aromatic carbocycles. The third-order valence-electron chi connectivity index (χ3n) is 4.05. The smallest absolute Gasteiger partial charge is 0.248 e. The summed E-state index contributed by atoms with van der Waals surface area (Å²) in [6.45, 7) is 1.81.